The molecule has 0 heterocycles. The molecule has 0 saturated carbocycles. The smallest absolute Gasteiger partial charge is 0.306 e. The lowest BCUT2D eigenvalue weighted by Crippen LogP contribution is -2.12. The van der Waals surface area contributed by atoms with Crippen molar-refractivity contribution in [3.63, 3.8) is 0 Å². The minimum Gasteiger partial charge on any atom is -0.481 e. The van der Waals surface area contributed by atoms with E-state index in [2.05, 4.69) is 0 Å². The summed E-state index contributed by atoms with van der Waals surface area (Å²) in [6, 6.07) is 3.04. The molecule has 1 aromatic carbocycles. The van der Waals surface area contributed by atoms with Crippen LogP contribution in [0, 0.1) is 17.6 Å². The molecule has 1 rings (SSSR count). The zero-order chi connectivity index (χ0) is 10.7. The van der Waals surface area contributed by atoms with Gasteiger partial charge in [0.2, 0.25) is 0 Å². The lowest BCUT2D eigenvalue weighted by molar-refractivity contribution is -0.141. The van der Waals surface area contributed by atoms with Gasteiger partial charge in [0, 0.05) is 6.07 Å². The maximum atomic E-state index is 12.7. The van der Waals surface area contributed by atoms with Crippen molar-refractivity contribution in [1.82, 2.24) is 0 Å². The average molecular weight is 200 g/mol. The molecule has 0 bridgehead atoms. The van der Waals surface area contributed by atoms with Crippen LogP contribution in [0.1, 0.15) is 12.5 Å². The summed E-state index contributed by atoms with van der Waals surface area (Å²) in [6.07, 6.45) is 0.129. The summed E-state index contributed by atoms with van der Waals surface area (Å²) in [5.41, 5.74) is 0.359. The fraction of sp³-hybridized carbons (Fsp3) is 0.300. The van der Waals surface area contributed by atoms with Gasteiger partial charge in [-0.1, -0.05) is 6.92 Å². The van der Waals surface area contributed by atoms with Gasteiger partial charge in [-0.15, -0.1) is 0 Å². The fourth-order valence-corrected chi connectivity index (χ4v) is 1.17. The first-order valence-electron chi connectivity index (χ1n) is 4.17. The molecule has 1 N–H and O–H groups in total. The molecule has 1 aromatic rings. The molecule has 0 amide bonds. The Morgan fingerprint density at radius 3 is 2.29 bits per heavy atom. The van der Waals surface area contributed by atoms with Crippen LogP contribution in [0.4, 0.5) is 8.78 Å². The van der Waals surface area contributed by atoms with Crippen LogP contribution < -0.4 is 0 Å². The van der Waals surface area contributed by atoms with Crippen LogP contribution in [0.25, 0.3) is 0 Å². The Kier molecular flexibility index (Phi) is 3.17. The normalized spacial score (nSPS) is 12.5. The van der Waals surface area contributed by atoms with Crippen molar-refractivity contribution in [2.75, 3.05) is 0 Å². The Labute approximate surface area is 80.2 Å². The van der Waals surface area contributed by atoms with E-state index < -0.39 is 23.5 Å². The number of carboxylic acid groups (broad SMARTS) is 1. The molecule has 0 radical (unpaired) electrons. The number of carbonyl (C=O) groups is 1. The quantitative estimate of drug-likeness (QED) is 0.812. The van der Waals surface area contributed by atoms with Crippen LogP contribution >= 0.6 is 0 Å². The largest absolute Gasteiger partial charge is 0.481 e. The number of hydrogen-bond donors (Lipinski definition) is 1. The van der Waals surface area contributed by atoms with Crippen molar-refractivity contribution in [3.05, 3.63) is 35.4 Å². The zero-order valence-corrected chi connectivity index (χ0v) is 7.63. The topological polar surface area (TPSA) is 37.3 Å². The predicted octanol–water partition coefficient (Wildman–Crippen LogP) is 2.23. The second kappa shape index (κ2) is 4.17. The molecule has 2 nitrogen and oxygen atoms in total. The van der Waals surface area contributed by atoms with Crippen LogP contribution in [0.15, 0.2) is 18.2 Å². The van der Waals surface area contributed by atoms with Crippen LogP contribution in [0.5, 0.6) is 0 Å². The first kappa shape index (κ1) is 10.6. The molecule has 1 atom stereocenters. The number of rotatable bonds is 3. The van der Waals surface area contributed by atoms with Gasteiger partial charge in [-0.3, -0.25) is 4.79 Å². The molecule has 76 valence electrons. The first-order chi connectivity index (χ1) is 6.49. The number of hydrogen-bond acceptors (Lipinski definition) is 1. The van der Waals surface area contributed by atoms with Crippen molar-refractivity contribution in [2.24, 2.45) is 5.92 Å². The maximum absolute atomic E-state index is 12.7. The monoisotopic (exact) mass is 200 g/mol. The molecule has 0 aliphatic heterocycles. The fourth-order valence-electron chi connectivity index (χ4n) is 1.17. The summed E-state index contributed by atoms with van der Waals surface area (Å²) in [7, 11) is 0. The second-order valence-corrected chi connectivity index (χ2v) is 3.22. The van der Waals surface area contributed by atoms with Gasteiger partial charge in [-0.25, -0.2) is 8.78 Å². The summed E-state index contributed by atoms with van der Waals surface area (Å²) in [6.45, 7) is 1.49. The van der Waals surface area contributed by atoms with Gasteiger partial charge in [-0.2, -0.15) is 0 Å². The summed E-state index contributed by atoms with van der Waals surface area (Å²) >= 11 is 0. The van der Waals surface area contributed by atoms with Crippen molar-refractivity contribution in [3.8, 4) is 0 Å². The molecule has 0 fully saturated rings. The third-order valence-corrected chi connectivity index (χ3v) is 1.89. The van der Waals surface area contributed by atoms with Crippen molar-refractivity contribution < 1.29 is 18.7 Å². The highest BCUT2D eigenvalue weighted by Gasteiger charge is 2.12. The van der Waals surface area contributed by atoms with E-state index in [0.29, 0.717) is 5.56 Å². The van der Waals surface area contributed by atoms with E-state index in [0.717, 1.165) is 18.2 Å². The summed E-state index contributed by atoms with van der Waals surface area (Å²) in [5.74, 6) is -2.99. The highest BCUT2D eigenvalue weighted by atomic mass is 19.1. The minimum absolute atomic E-state index is 0.129. The van der Waals surface area contributed by atoms with Crippen LogP contribution in [-0.4, -0.2) is 11.1 Å². The van der Waals surface area contributed by atoms with Crippen LogP contribution in [0.2, 0.25) is 0 Å². The van der Waals surface area contributed by atoms with Gasteiger partial charge in [0.25, 0.3) is 0 Å². The zero-order valence-electron chi connectivity index (χ0n) is 7.63. The molecule has 0 saturated heterocycles. The summed E-state index contributed by atoms with van der Waals surface area (Å²) in [5, 5.41) is 8.59. The lowest BCUT2D eigenvalue weighted by Gasteiger charge is -2.06. The van der Waals surface area contributed by atoms with E-state index in [1.165, 1.54) is 6.92 Å². The number of benzene rings is 1. The Bertz CT molecular complexity index is 330. The van der Waals surface area contributed by atoms with Crippen molar-refractivity contribution in [1.29, 1.82) is 0 Å². The molecule has 14 heavy (non-hydrogen) atoms. The van der Waals surface area contributed by atoms with Crippen LogP contribution in [0.3, 0.4) is 0 Å². The van der Waals surface area contributed by atoms with E-state index in [1.54, 1.807) is 0 Å². The minimum atomic E-state index is -0.977. The van der Waals surface area contributed by atoms with Gasteiger partial charge in [0.05, 0.1) is 5.92 Å². The Hall–Kier alpha value is -1.45. The molecule has 0 aliphatic rings. The number of aliphatic carboxylic acids is 1. The first-order valence-corrected chi connectivity index (χ1v) is 4.17. The molecular formula is C10H10F2O2. The van der Waals surface area contributed by atoms with Gasteiger partial charge in [0.1, 0.15) is 11.6 Å². The second-order valence-electron chi connectivity index (χ2n) is 3.22. The van der Waals surface area contributed by atoms with Gasteiger partial charge >= 0.3 is 5.97 Å². The Morgan fingerprint density at radius 1 is 1.36 bits per heavy atom. The molecule has 0 unspecified atom stereocenters. The van der Waals surface area contributed by atoms with E-state index in [9.17, 15) is 13.6 Å². The SMILES string of the molecule is C[C@@H](Cc1cc(F)cc(F)c1)C(=O)O. The predicted molar refractivity (Wildman–Crippen MR) is 46.9 cm³/mol. The van der Waals surface area contributed by atoms with Gasteiger partial charge in [-0.05, 0) is 24.1 Å². The Balaban J connectivity index is 2.81. The molecule has 0 aliphatic carbocycles. The van der Waals surface area contributed by atoms with E-state index in [1.807, 2.05) is 0 Å². The maximum Gasteiger partial charge on any atom is 0.306 e. The summed E-state index contributed by atoms with van der Waals surface area (Å²) < 4.78 is 25.4. The highest BCUT2D eigenvalue weighted by Crippen LogP contribution is 2.12. The highest BCUT2D eigenvalue weighted by molar-refractivity contribution is 5.69. The van der Waals surface area contributed by atoms with Crippen molar-refractivity contribution in [2.45, 2.75) is 13.3 Å². The van der Waals surface area contributed by atoms with E-state index >= 15 is 0 Å². The van der Waals surface area contributed by atoms with E-state index in [-0.39, 0.29) is 6.42 Å². The van der Waals surface area contributed by atoms with Crippen LogP contribution in [-0.2, 0) is 11.2 Å². The van der Waals surface area contributed by atoms with Gasteiger partial charge in [0.15, 0.2) is 0 Å². The summed E-state index contributed by atoms with van der Waals surface area (Å²) in [4.78, 5) is 10.5. The number of halogens is 2. The molecular weight excluding hydrogens is 190 g/mol. The number of carboxylic acids is 1. The standard InChI is InChI=1S/C10H10F2O2/c1-6(10(13)14)2-7-3-8(11)5-9(12)4-7/h3-6H,2H2,1H3,(H,13,14)/t6-/m0/s1. The van der Waals surface area contributed by atoms with Gasteiger partial charge < -0.3 is 5.11 Å². The van der Waals surface area contributed by atoms with E-state index in [4.69, 9.17) is 5.11 Å². The third kappa shape index (κ3) is 2.80. The molecule has 0 spiro atoms. The third-order valence-electron chi connectivity index (χ3n) is 1.89. The van der Waals surface area contributed by atoms with Crippen molar-refractivity contribution >= 4 is 5.97 Å². The Morgan fingerprint density at radius 2 is 1.86 bits per heavy atom. The lowest BCUT2D eigenvalue weighted by atomic mass is 10.0. The molecule has 0 aromatic heterocycles. The average Bonchev–Trinajstić information content (AvgIpc) is 2.01. The molecule has 4 heteroatoms.